The minimum absolute atomic E-state index is 0.949. The van der Waals surface area contributed by atoms with Gasteiger partial charge in [-0.25, -0.2) is 19.3 Å². The molecule has 6 heteroatoms. The van der Waals surface area contributed by atoms with Crippen LogP contribution in [-0.2, 0) is 0 Å². The van der Waals surface area contributed by atoms with Gasteiger partial charge in [0.1, 0.15) is 12.7 Å². The molecular formula is C20H22N6. The molecule has 0 amide bonds. The van der Waals surface area contributed by atoms with E-state index in [2.05, 4.69) is 79.6 Å². The fraction of sp³-hybridized carbons (Fsp3) is 0.300. The van der Waals surface area contributed by atoms with Crippen molar-refractivity contribution in [2.45, 2.75) is 13.8 Å². The monoisotopic (exact) mass is 346 g/mol. The Kier molecular flexibility index (Phi) is 3.38. The van der Waals surface area contributed by atoms with Crippen LogP contribution in [0.2, 0.25) is 0 Å². The van der Waals surface area contributed by atoms with Gasteiger partial charge in [-0.1, -0.05) is 12.1 Å². The summed E-state index contributed by atoms with van der Waals surface area (Å²) in [5, 5.41) is 4.73. The SMILES string of the molecule is Cc1ccc2c(c1)ncn2N1CCN(n2cnc3cc(C)ccc32)CC1. The van der Waals surface area contributed by atoms with Crippen molar-refractivity contribution in [2.24, 2.45) is 0 Å². The lowest BCUT2D eigenvalue weighted by atomic mass is 10.2. The van der Waals surface area contributed by atoms with Crippen LogP contribution >= 0.6 is 0 Å². The molecule has 1 aliphatic rings. The Morgan fingerprint density at radius 3 is 1.50 bits per heavy atom. The lowest BCUT2D eigenvalue weighted by Crippen LogP contribution is -2.54. The van der Waals surface area contributed by atoms with E-state index in [-0.39, 0.29) is 0 Å². The maximum absolute atomic E-state index is 4.57. The number of imidazole rings is 2. The molecule has 0 radical (unpaired) electrons. The zero-order valence-corrected chi connectivity index (χ0v) is 15.1. The topological polar surface area (TPSA) is 42.1 Å². The van der Waals surface area contributed by atoms with Crippen LogP contribution in [0.4, 0.5) is 0 Å². The van der Waals surface area contributed by atoms with Crippen LogP contribution in [0.3, 0.4) is 0 Å². The first-order chi connectivity index (χ1) is 12.7. The summed E-state index contributed by atoms with van der Waals surface area (Å²) in [7, 11) is 0. The first-order valence-electron chi connectivity index (χ1n) is 9.07. The summed E-state index contributed by atoms with van der Waals surface area (Å²) in [4.78, 5) is 9.13. The molecule has 0 aliphatic carbocycles. The highest BCUT2D eigenvalue weighted by Gasteiger charge is 2.20. The van der Waals surface area contributed by atoms with Crippen LogP contribution in [-0.4, -0.2) is 45.5 Å². The lowest BCUT2D eigenvalue weighted by Gasteiger charge is -2.38. The maximum Gasteiger partial charge on any atom is 0.116 e. The highest BCUT2D eigenvalue weighted by molar-refractivity contribution is 5.77. The molecule has 132 valence electrons. The van der Waals surface area contributed by atoms with Gasteiger partial charge in [-0.3, -0.25) is 0 Å². The number of benzene rings is 2. The van der Waals surface area contributed by atoms with Gasteiger partial charge in [-0.2, -0.15) is 0 Å². The molecule has 26 heavy (non-hydrogen) atoms. The number of aryl methyl sites for hydroxylation is 2. The highest BCUT2D eigenvalue weighted by atomic mass is 15.6. The molecule has 1 saturated heterocycles. The Morgan fingerprint density at radius 2 is 1.08 bits per heavy atom. The van der Waals surface area contributed by atoms with Gasteiger partial charge in [-0.05, 0) is 49.2 Å². The summed E-state index contributed by atoms with van der Waals surface area (Å²) >= 11 is 0. The molecule has 4 aromatic rings. The van der Waals surface area contributed by atoms with Gasteiger partial charge in [0.15, 0.2) is 0 Å². The van der Waals surface area contributed by atoms with Crippen LogP contribution < -0.4 is 10.0 Å². The lowest BCUT2D eigenvalue weighted by molar-refractivity contribution is 0.474. The molecule has 0 saturated carbocycles. The molecule has 1 fully saturated rings. The quantitative estimate of drug-likeness (QED) is 0.559. The normalized spacial score (nSPS) is 15.3. The van der Waals surface area contributed by atoms with E-state index in [0.29, 0.717) is 0 Å². The predicted octanol–water partition coefficient (Wildman–Crippen LogP) is 2.59. The van der Waals surface area contributed by atoms with Crippen molar-refractivity contribution in [3.63, 3.8) is 0 Å². The van der Waals surface area contributed by atoms with Gasteiger partial charge in [0, 0.05) is 0 Å². The molecule has 0 unspecified atom stereocenters. The largest absolute Gasteiger partial charge is 0.308 e. The van der Waals surface area contributed by atoms with Gasteiger partial charge < -0.3 is 10.0 Å². The van der Waals surface area contributed by atoms with Crippen molar-refractivity contribution >= 4 is 22.1 Å². The summed E-state index contributed by atoms with van der Waals surface area (Å²) in [6.45, 7) is 8.01. The van der Waals surface area contributed by atoms with Crippen LogP contribution in [0.25, 0.3) is 22.1 Å². The van der Waals surface area contributed by atoms with Gasteiger partial charge >= 0.3 is 0 Å². The van der Waals surface area contributed by atoms with Gasteiger partial charge in [-0.15, -0.1) is 0 Å². The molecule has 2 aromatic heterocycles. The molecule has 6 nitrogen and oxygen atoms in total. The van der Waals surface area contributed by atoms with Crippen molar-refractivity contribution in [1.29, 1.82) is 0 Å². The first-order valence-corrected chi connectivity index (χ1v) is 9.07. The molecule has 3 heterocycles. The standard InChI is InChI=1S/C20H22N6/c1-15-3-5-19-17(11-15)21-13-25(19)23-7-9-24(10-8-23)26-14-22-18-12-16(2)4-6-20(18)26/h3-6,11-14H,7-10H2,1-2H3. The zero-order valence-electron chi connectivity index (χ0n) is 15.1. The van der Waals surface area contributed by atoms with Crippen molar-refractivity contribution in [3.05, 3.63) is 60.2 Å². The maximum atomic E-state index is 4.57. The average Bonchev–Trinajstić information content (AvgIpc) is 3.25. The summed E-state index contributed by atoms with van der Waals surface area (Å²) in [5.74, 6) is 0. The van der Waals surface area contributed by atoms with E-state index in [9.17, 15) is 0 Å². The minimum atomic E-state index is 0.949. The van der Waals surface area contributed by atoms with Crippen molar-refractivity contribution in [3.8, 4) is 0 Å². The number of hydrogen-bond acceptors (Lipinski definition) is 4. The van der Waals surface area contributed by atoms with Crippen LogP contribution in [0.15, 0.2) is 49.1 Å². The van der Waals surface area contributed by atoms with Crippen molar-refractivity contribution in [2.75, 3.05) is 36.2 Å². The van der Waals surface area contributed by atoms with E-state index in [1.54, 1.807) is 0 Å². The van der Waals surface area contributed by atoms with E-state index in [4.69, 9.17) is 0 Å². The third-order valence-electron chi connectivity index (χ3n) is 5.21. The first kappa shape index (κ1) is 15.3. The number of hydrogen-bond donors (Lipinski definition) is 0. The molecular weight excluding hydrogens is 324 g/mol. The molecule has 5 rings (SSSR count). The van der Waals surface area contributed by atoms with Crippen molar-refractivity contribution in [1.82, 2.24) is 19.3 Å². The summed E-state index contributed by atoms with van der Waals surface area (Å²) in [6.07, 6.45) is 3.88. The Bertz CT molecular complexity index is 996. The van der Waals surface area contributed by atoms with E-state index in [1.165, 1.54) is 22.2 Å². The Balaban J connectivity index is 1.38. The Labute approximate surface area is 152 Å². The van der Waals surface area contributed by atoms with Gasteiger partial charge in [0.25, 0.3) is 0 Å². The Morgan fingerprint density at radius 1 is 0.654 bits per heavy atom. The number of rotatable bonds is 2. The number of nitrogens with zero attached hydrogens (tertiary/aromatic N) is 6. The van der Waals surface area contributed by atoms with Gasteiger partial charge in [0.05, 0.1) is 48.2 Å². The van der Waals surface area contributed by atoms with E-state index < -0.39 is 0 Å². The second-order valence-corrected chi connectivity index (χ2v) is 7.07. The molecule has 0 spiro atoms. The summed E-state index contributed by atoms with van der Waals surface area (Å²) in [6, 6.07) is 12.9. The summed E-state index contributed by atoms with van der Waals surface area (Å²) in [5.41, 5.74) is 6.96. The smallest absolute Gasteiger partial charge is 0.116 e. The number of piperazine rings is 1. The third-order valence-corrected chi connectivity index (χ3v) is 5.21. The molecule has 0 atom stereocenters. The van der Waals surface area contributed by atoms with Crippen LogP contribution in [0, 0.1) is 13.8 Å². The van der Waals surface area contributed by atoms with Crippen LogP contribution in [0.5, 0.6) is 0 Å². The predicted molar refractivity (Wildman–Crippen MR) is 105 cm³/mol. The summed E-state index contributed by atoms with van der Waals surface area (Å²) < 4.78 is 4.39. The Hall–Kier alpha value is -3.02. The third kappa shape index (κ3) is 2.41. The minimum Gasteiger partial charge on any atom is -0.308 e. The molecule has 0 N–H and O–H groups in total. The number of aromatic nitrogens is 4. The van der Waals surface area contributed by atoms with E-state index in [1.807, 2.05) is 12.7 Å². The number of fused-ring (bicyclic) bond motifs is 2. The van der Waals surface area contributed by atoms with E-state index >= 15 is 0 Å². The zero-order chi connectivity index (χ0) is 17.7. The fourth-order valence-corrected chi connectivity index (χ4v) is 3.79. The van der Waals surface area contributed by atoms with Crippen molar-refractivity contribution < 1.29 is 0 Å². The second-order valence-electron chi connectivity index (χ2n) is 7.07. The second kappa shape index (κ2) is 5.76. The van der Waals surface area contributed by atoms with Crippen LogP contribution in [0.1, 0.15) is 11.1 Å². The molecule has 0 bridgehead atoms. The highest BCUT2D eigenvalue weighted by Crippen LogP contribution is 2.18. The van der Waals surface area contributed by atoms with E-state index in [0.717, 1.165) is 37.2 Å². The average molecular weight is 346 g/mol. The molecule has 1 aliphatic heterocycles. The molecule has 2 aromatic carbocycles. The fourth-order valence-electron chi connectivity index (χ4n) is 3.79. The van der Waals surface area contributed by atoms with Gasteiger partial charge in [0.2, 0.25) is 0 Å².